The Kier molecular flexibility index (Phi) is 6.56. The van der Waals surface area contributed by atoms with Crippen molar-refractivity contribution in [1.82, 2.24) is 10.6 Å². The topological polar surface area (TPSA) is 50.4 Å². The van der Waals surface area contributed by atoms with Crippen molar-refractivity contribution in [1.29, 1.82) is 0 Å². The SMILES string of the molecule is COc1ccc(CNCC(=O)NCCc2ccc(F)cc2)cc1. The van der Waals surface area contributed by atoms with Crippen LogP contribution in [0.5, 0.6) is 5.75 Å². The molecule has 0 atom stereocenters. The van der Waals surface area contributed by atoms with Crippen molar-refractivity contribution in [3.05, 3.63) is 65.5 Å². The van der Waals surface area contributed by atoms with Gasteiger partial charge in [-0.1, -0.05) is 24.3 Å². The smallest absolute Gasteiger partial charge is 0.233 e. The monoisotopic (exact) mass is 316 g/mol. The molecule has 0 fully saturated rings. The molecule has 0 aliphatic rings. The van der Waals surface area contributed by atoms with Crippen LogP contribution in [0.15, 0.2) is 48.5 Å². The lowest BCUT2D eigenvalue weighted by Crippen LogP contribution is -2.34. The van der Waals surface area contributed by atoms with E-state index in [1.165, 1.54) is 12.1 Å². The van der Waals surface area contributed by atoms with Gasteiger partial charge >= 0.3 is 0 Å². The second-order valence-corrected chi connectivity index (χ2v) is 5.18. The summed E-state index contributed by atoms with van der Waals surface area (Å²) in [5.74, 6) is 0.508. The van der Waals surface area contributed by atoms with Gasteiger partial charge in [-0.15, -0.1) is 0 Å². The predicted molar refractivity (Wildman–Crippen MR) is 87.8 cm³/mol. The Morgan fingerprint density at radius 1 is 1.04 bits per heavy atom. The van der Waals surface area contributed by atoms with E-state index in [0.717, 1.165) is 16.9 Å². The Labute approximate surface area is 135 Å². The van der Waals surface area contributed by atoms with Crippen LogP contribution in [0.2, 0.25) is 0 Å². The molecular formula is C18H21FN2O2. The average Bonchev–Trinajstić information content (AvgIpc) is 2.57. The van der Waals surface area contributed by atoms with Crippen molar-refractivity contribution in [3.63, 3.8) is 0 Å². The molecule has 0 saturated heterocycles. The van der Waals surface area contributed by atoms with Crippen molar-refractivity contribution < 1.29 is 13.9 Å². The molecule has 0 heterocycles. The maximum Gasteiger partial charge on any atom is 0.233 e. The Hall–Kier alpha value is -2.40. The molecule has 1 amide bonds. The van der Waals surface area contributed by atoms with Gasteiger partial charge in [0, 0.05) is 13.1 Å². The summed E-state index contributed by atoms with van der Waals surface area (Å²) in [6, 6.07) is 14.0. The lowest BCUT2D eigenvalue weighted by Gasteiger charge is -2.07. The first-order valence-corrected chi connectivity index (χ1v) is 7.52. The third kappa shape index (κ3) is 6.08. The van der Waals surface area contributed by atoms with Gasteiger partial charge in [0.15, 0.2) is 0 Å². The van der Waals surface area contributed by atoms with Gasteiger partial charge in [-0.05, 0) is 41.8 Å². The third-order valence-electron chi connectivity index (χ3n) is 3.42. The number of ether oxygens (including phenoxy) is 1. The van der Waals surface area contributed by atoms with Crippen molar-refractivity contribution in [2.24, 2.45) is 0 Å². The van der Waals surface area contributed by atoms with E-state index in [1.807, 2.05) is 24.3 Å². The Morgan fingerprint density at radius 2 is 1.70 bits per heavy atom. The maximum absolute atomic E-state index is 12.8. The summed E-state index contributed by atoms with van der Waals surface area (Å²) in [4.78, 5) is 11.7. The number of halogens is 1. The molecule has 5 heteroatoms. The first kappa shape index (κ1) is 17.0. The first-order valence-electron chi connectivity index (χ1n) is 7.52. The van der Waals surface area contributed by atoms with Crippen LogP contribution in [0, 0.1) is 5.82 Å². The lowest BCUT2D eigenvalue weighted by atomic mass is 10.1. The Bertz CT molecular complexity index is 612. The van der Waals surface area contributed by atoms with E-state index in [-0.39, 0.29) is 18.3 Å². The molecule has 0 saturated carbocycles. The number of hydrogen-bond acceptors (Lipinski definition) is 3. The highest BCUT2D eigenvalue weighted by Gasteiger charge is 2.01. The number of carbonyl (C=O) groups is 1. The summed E-state index contributed by atoms with van der Waals surface area (Å²) in [5.41, 5.74) is 2.09. The molecular weight excluding hydrogens is 295 g/mol. The van der Waals surface area contributed by atoms with Crippen LogP contribution in [0.25, 0.3) is 0 Å². The van der Waals surface area contributed by atoms with Crippen LogP contribution in [0.1, 0.15) is 11.1 Å². The Morgan fingerprint density at radius 3 is 2.35 bits per heavy atom. The summed E-state index contributed by atoms with van der Waals surface area (Å²) in [5, 5.41) is 5.93. The molecule has 2 N–H and O–H groups in total. The van der Waals surface area contributed by atoms with Crippen molar-refractivity contribution in [2.45, 2.75) is 13.0 Å². The number of methoxy groups -OCH3 is 1. The van der Waals surface area contributed by atoms with Crippen LogP contribution in [-0.2, 0) is 17.8 Å². The molecule has 23 heavy (non-hydrogen) atoms. The standard InChI is InChI=1S/C18H21FN2O2/c1-23-17-8-4-15(5-9-17)12-20-13-18(22)21-11-10-14-2-6-16(19)7-3-14/h2-9,20H,10-13H2,1H3,(H,21,22). The first-order chi connectivity index (χ1) is 11.2. The zero-order valence-corrected chi connectivity index (χ0v) is 13.1. The molecule has 2 aromatic carbocycles. The second kappa shape index (κ2) is 8.90. The van der Waals surface area contributed by atoms with Gasteiger partial charge in [0.2, 0.25) is 5.91 Å². The molecule has 0 unspecified atom stereocenters. The number of nitrogens with one attached hydrogen (secondary N) is 2. The molecule has 2 rings (SSSR count). The van der Waals surface area contributed by atoms with E-state index in [0.29, 0.717) is 19.5 Å². The van der Waals surface area contributed by atoms with Crippen LogP contribution in [-0.4, -0.2) is 26.1 Å². The summed E-state index contributed by atoms with van der Waals surface area (Å²) < 4.78 is 17.9. The fourth-order valence-corrected chi connectivity index (χ4v) is 2.12. The minimum absolute atomic E-state index is 0.0550. The molecule has 0 spiro atoms. The zero-order valence-electron chi connectivity index (χ0n) is 13.1. The highest BCUT2D eigenvalue weighted by Crippen LogP contribution is 2.10. The molecule has 0 aliphatic heterocycles. The molecule has 0 aliphatic carbocycles. The minimum atomic E-state index is -0.250. The summed E-state index contributed by atoms with van der Waals surface area (Å²) in [6.45, 7) is 1.42. The van der Waals surface area contributed by atoms with E-state index < -0.39 is 0 Å². The fraction of sp³-hybridized carbons (Fsp3) is 0.278. The molecule has 0 radical (unpaired) electrons. The Balaban J connectivity index is 1.62. The van der Waals surface area contributed by atoms with Gasteiger partial charge in [-0.25, -0.2) is 4.39 Å². The van der Waals surface area contributed by atoms with E-state index in [1.54, 1.807) is 19.2 Å². The third-order valence-corrected chi connectivity index (χ3v) is 3.42. The number of hydrogen-bond donors (Lipinski definition) is 2. The van der Waals surface area contributed by atoms with Gasteiger partial charge in [0.1, 0.15) is 11.6 Å². The molecule has 4 nitrogen and oxygen atoms in total. The predicted octanol–water partition coefficient (Wildman–Crippen LogP) is 2.28. The van der Waals surface area contributed by atoms with Gasteiger partial charge < -0.3 is 15.4 Å². The molecule has 0 bridgehead atoms. The van der Waals surface area contributed by atoms with Crippen LogP contribution >= 0.6 is 0 Å². The van der Waals surface area contributed by atoms with Crippen LogP contribution in [0.4, 0.5) is 4.39 Å². The van der Waals surface area contributed by atoms with Crippen LogP contribution in [0.3, 0.4) is 0 Å². The van der Waals surface area contributed by atoms with Crippen molar-refractivity contribution >= 4 is 5.91 Å². The van der Waals surface area contributed by atoms with E-state index in [4.69, 9.17) is 4.74 Å². The number of rotatable bonds is 8. The van der Waals surface area contributed by atoms with Gasteiger partial charge in [0.25, 0.3) is 0 Å². The second-order valence-electron chi connectivity index (χ2n) is 5.18. The molecule has 2 aromatic rings. The van der Waals surface area contributed by atoms with E-state index >= 15 is 0 Å². The van der Waals surface area contributed by atoms with E-state index in [9.17, 15) is 9.18 Å². The molecule has 122 valence electrons. The van der Waals surface area contributed by atoms with Gasteiger partial charge in [-0.3, -0.25) is 4.79 Å². The molecule has 0 aromatic heterocycles. The summed E-state index contributed by atoms with van der Waals surface area (Å²) in [6.07, 6.45) is 0.685. The number of amides is 1. The maximum atomic E-state index is 12.8. The largest absolute Gasteiger partial charge is 0.497 e. The van der Waals surface area contributed by atoms with Crippen molar-refractivity contribution in [3.8, 4) is 5.75 Å². The average molecular weight is 316 g/mol. The highest BCUT2D eigenvalue weighted by atomic mass is 19.1. The fourth-order valence-electron chi connectivity index (χ4n) is 2.12. The summed E-state index contributed by atoms with van der Waals surface area (Å²) >= 11 is 0. The van der Waals surface area contributed by atoms with Crippen molar-refractivity contribution in [2.75, 3.05) is 20.2 Å². The zero-order chi connectivity index (χ0) is 16.5. The summed E-state index contributed by atoms with van der Waals surface area (Å²) in [7, 11) is 1.63. The normalized spacial score (nSPS) is 10.3. The quantitative estimate of drug-likeness (QED) is 0.785. The van der Waals surface area contributed by atoms with Gasteiger partial charge in [0.05, 0.1) is 13.7 Å². The van der Waals surface area contributed by atoms with Gasteiger partial charge in [-0.2, -0.15) is 0 Å². The van der Waals surface area contributed by atoms with Crippen LogP contribution < -0.4 is 15.4 Å². The number of benzene rings is 2. The number of carbonyl (C=O) groups excluding carboxylic acids is 1. The highest BCUT2D eigenvalue weighted by molar-refractivity contribution is 5.77. The van der Waals surface area contributed by atoms with E-state index in [2.05, 4.69) is 10.6 Å². The lowest BCUT2D eigenvalue weighted by molar-refractivity contribution is -0.120. The minimum Gasteiger partial charge on any atom is -0.497 e.